The number of fused-ring (bicyclic) bond motifs is 1. The summed E-state index contributed by atoms with van der Waals surface area (Å²) < 4.78 is 1.02. The van der Waals surface area contributed by atoms with Crippen LogP contribution in [0.5, 0.6) is 0 Å². The number of anilines is 1. The maximum absolute atomic E-state index is 6.10. The van der Waals surface area contributed by atoms with Crippen molar-refractivity contribution >= 4 is 45.2 Å². The summed E-state index contributed by atoms with van der Waals surface area (Å²) in [5.74, 6) is 0.756. The minimum atomic E-state index is 0.109. The van der Waals surface area contributed by atoms with Crippen molar-refractivity contribution in [2.24, 2.45) is 10.7 Å². The first-order valence-electron chi connectivity index (χ1n) is 7.40. The number of rotatable bonds is 5. The van der Waals surface area contributed by atoms with Crippen LogP contribution in [0, 0.1) is 6.92 Å². The zero-order valence-corrected chi connectivity index (χ0v) is 14.7. The Morgan fingerprint density at radius 2 is 2.30 bits per heavy atom. The number of thiophene rings is 1. The highest BCUT2D eigenvalue weighted by Crippen LogP contribution is 2.35. The number of nitrogens with one attached hydrogen (secondary N) is 1. The second kappa shape index (κ2) is 6.82. The Bertz CT molecular complexity index is 767. The molecule has 6 nitrogen and oxygen atoms in total. The molecule has 0 aliphatic carbocycles. The number of aryl methyl sites for hydroxylation is 1. The molecule has 1 aliphatic heterocycles. The van der Waals surface area contributed by atoms with E-state index in [-0.39, 0.29) is 11.3 Å². The molecule has 1 atom stereocenters. The first-order valence-corrected chi connectivity index (χ1v) is 8.59. The second-order valence-electron chi connectivity index (χ2n) is 5.59. The fourth-order valence-corrected chi connectivity index (χ4v) is 3.93. The Morgan fingerprint density at radius 1 is 1.48 bits per heavy atom. The average Bonchev–Trinajstić information content (AvgIpc) is 2.82. The molecule has 0 radical (unpaired) electrons. The normalized spacial score (nSPS) is 15.4. The van der Waals surface area contributed by atoms with Crippen molar-refractivity contribution in [1.29, 1.82) is 0 Å². The average molecular weight is 351 g/mol. The molecule has 23 heavy (non-hydrogen) atoms. The monoisotopic (exact) mass is 350 g/mol. The van der Waals surface area contributed by atoms with E-state index in [1.807, 2.05) is 24.1 Å². The number of hydrogen-bond acceptors (Lipinski definition) is 7. The molecule has 0 spiro atoms. The summed E-state index contributed by atoms with van der Waals surface area (Å²) in [4.78, 5) is 16.2. The summed E-state index contributed by atoms with van der Waals surface area (Å²) in [5, 5.41) is 3.59. The molecule has 3 rings (SSSR count). The quantitative estimate of drug-likeness (QED) is 0.810. The number of allylic oxidation sites excluding steroid dienone is 1. The summed E-state index contributed by atoms with van der Waals surface area (Å²) in [7, 11) is 0. The van der Waals surface area contributed by atoms with Crippen LogP contribution in [0.15, 0.2) is 17.3 Å². The van der Waals surface area contributed by atoms with Crippen LogP contribution in [0.3, 0.4) is 0 Å². The lowest BCUT2D eigenvalue weighted by molar-refractivity contribution is 0.413. The van der Waals surface area contributed by atoms with Gasteiger partial charge in [-0.3, -0.25) is 4.99 Å². The van der Waals surface area contributed by atoms with Crippen molar-refractivity contribution in [2.45, 2.75) is 26.3 Å². The van der Waals surface area contributed by atoms with Crippen LogP contribution < -0.4 is 11.1 Å². The summed E-state index contributed by atoms with van der Waals surface area (Å²) in [6.07, 6.45) is 6.51. The molecule has 3 heterocycles. The van der Waals surface area contributed by atoms with Crippen LogP contribution in [0.2, 0.25) is 5.28 Å². The Kier molecular flexibility index (Phi) is 4.79. The van der Waals surface area contributed by atoms with Gasteiger partial charge in [-0.1, -0.05) is 0 Å². The van der Waals surface area contributed by atoms with Gasteiger partial charge < -0.3 is 16.0 Å². The van der Waals surface area contributed by atoms with E-state index < -0.39 is 0 Å². The molecule has 0 fully saturated rings. The van der Waals surface area contributed by atoms with Crippen molar-refractivity contribution in [2.75, 3.05) is 18.7 Å². The maximum atomic E-state index is 6.10. The van der Waals surface area contributed by atoms with Gasteiger partial charge in [0, 0.05) is 23.3 Å². The lowest BCUT2D eigenvalue weighted by Crippen LogP contribution is -2.26. The third-order valence-electron chi connectivity index (χ3n) is 3.55. The number of nitrogens with zero attached hydrogens (tertiary/aromatic N) is 4. The Balaban J connectivity index is 1.89. The Morgan fingerprint density at radius 3 is 3.00 bits per heavy atom. The molecule has 1 aliphatic rings. The Labute approximate surface area is 144 Å². The molecule has 0 saturated carbocycles. The van der Waals surface area contributed by atoms with E-state index >= 15 is 0 Å². The van der Waals surface area contributed by atoms with E-state index in [2.05, 4.69) is 27.2 Å². The van der Waals surface area contributed by atoms with Crippen LogP contribution in [0.25, 0.3) is 10.2 Å². The molecule has 0 aromatic carbocycles. The van der Waals surface area contributed by atoms with Crippen molar-refractivity contribution < 1.29 is 0 Å². The van der Waals surface area contributed by atoms with Gasteiger partial charge in [0.1, 0.15) is 12.5 Å². The predicted octanol–water partition coefficient (Wildman–Crippen LogP) is 2.77. The van der Waals surface area contributed by atoms with Crippen molar-refractivity contribution in [1.82, 2.24) is 14.9 Å². The summed E-state index contributed by atoms with van der Waals surface area (Å²) in [6, 6.07) is 0.109. The largest absolute Gasteiger partial charge is 0.351 e. The number of aromatic nitrogens is 2. The van der Waals surface area contributed by atoms with Gasteiger partial charge in [0.15, 0.2) is 0 Å². The van der Waals surface area contributed by atoms with Crippen molar-refractivity contribution in [3.05, 3.63) is 28.0 Å². The topological polar surface area (TPSA) is 79.4 Å². The van der Waals surface area contributed by atoms with Gasteiger partial charge in [-0.2, -0.15) is 4.98 Å². The van der Waals surface area contributed by atoms with Gasteiger partial charge >= 0.3 is 0 Å². The molecule has 0 bridgehead atoms. The van der Waals surface area contributed by atoms with Crippen LogP contribution in [0.1, 0.15) is 17.4 Å². The molecule has 3 N–H and O–H groups in total. The minimum Gasteiger partial charge on any atom is -0.351 e. The molecule has 0 amide bonds. The summed E-state index contributed by atoms with van der Waals surface area (Å²) >= 11 is 7.78. The highest BCUT2D eigenvalue weighted by molar-refractivity contribution is 7.19. The number of nitrogens with two attached hydrogens (primary N) is 1. The van der Waals surface area contributed by atoms with E-state index in [0.29, 0.717) is 13.3 Å². The standard InChI is InChI=1S/C15H19ClN6S/c1-9(17)6-11-10(2)12-13(23-11)14(21-15(16)20-12)19-8-22-5-3-4-18-7-22/h3-5,9H,6-8,17H2,1-2H3,(H,19,20,21). The highest BCUT2D eigenvalue weighted by atomic mass is 35.5. The van der Waals surface area contributed by atoms with Crippen LogP contribution in [-0.2, 0) is 6.42 Å². The van der Waals surface area contributed by atoms with Gasteiger partial charge in [-0.15, -0.1) is 11.3 Å². The molecule has 0 saturated heterocycles. The molecule has 2 aromatic heterocycles. The van der Waals surface area contributed by atoms with Crippen molar-refractivity contribution in [3.8, 4) is 0 Å². The molecule has 8 heteroatoms. The van der Waals surface area contributed by atoms with Gasteiger partial charge in [-0.25, -0.2) is 4.98 Å². The summed E-state index contributed by atoms with van der Waals surface area (Å²) in [6.45, 7) is 5.30. The number of hydrogen-bond donors (Lipinski definition) is 2. The lowest BCUT2D eigenvalue weighted by Gasteiger charge is -2.20. The van der Waals surface area contributed by atoms with Crippen LogP contribution in [0.4, 0.5) is 5.82 Å². The fourth-order valence-electron chi connectivity index (χ4n) is 2.41. The molecule has 1 unspecified atom stereocenters. The van der Waals surface area contributed by atoms with Gasteiger partial charge in [0.05, 0.1) is 16.9 Å². The molecule has 122 valence electrons. The third-order valence-corrected chi connectivity index (χ3v) is 5.02. The Hall–Kier alpha value is -1.70. The SMILES string of the molecule is Cc1c(CC(C)N)sc2c(NCN3C=CC=NC3)nc(Cl)nc12. The lowest BCUT2D eigenvalue weighted by atomic mass is 10.1. The van der Waals surface area contributed by atoms with Crippen LogP contribution in [-0.4, -0.2) is 40.5 Å². The first-order chi connectivity index (χ1) is 11.0. The highest BCUT2D eigenvalue weighted by Gasteiger charge is 2.16. The van der Waals surface area contributed by atoms with Crippen LogP contribution >= 0.6 is 22.9 Å². The number of halogens is 1. The minimum absolute atomic E-state index is 0.109. The predicted molar refractivity (Wildman–Crippen MR) is 97.3 cm³/mol. The van der Waals surface area contributed by atoms with E-state index in [4.69, 9.17) is 17.3 Å². The van der Waals surface area contributed by atoms with Gasteiger partial charge in [-0.05, 0) is 43.5 Å². The van der Waals surface area contributed by atoms with Gasteiger partial charge in [0.2, 0.25) is 5.28 Å². The zero-order valence-electron chi connectivity index (χ0n) is 13.1. The van der Waals surface area contributed by atoms with Gasteiger partial charge in [0.25, 0.3) is 0 Å². The van der Waals surface area contributed by atoms with E-state index in [9.17, 15) is 0 Å². The summed E-state index contributed by atoms with van der Waals surface area (Å²) in [5.41, 5.74) is 7.98. The molecular formula is C15H19ClN6S. The molecular weight excluding hydrogens is 332 g/mol. The van der Waals surface area contributed by atoms with E-state index in [1.165, 1.54) is 4.88 Å². The third kappa shape index (κ3) is 3.63. The first kappa shape index (κ1) is 16.2. The maximum Gasteiger partial charge on any atom is 0.224 e. The second-order valence-corrected chi connectivity index (χ2v) is 7.03. The van der Waals surface area contributed by atoms with E-state index in [1.54, 1.807) is 17.6 Å². The number of aliphatic imine (C=N–C) groups is 1. The smallest absolute Gasteiger partial charge is 0.224 e. The fraction of sp³-hybridized carbons (Fsp3) is 0.400. The zero-order chi connectivity index (χ0) is 16.4. The van der Waals surface area contributed by atoms with Crippen molar-refractivity contribution in [3.63, 3.8) is 0 Å². The van der Waals surface area contributed by atoms with E-state index in [0.717, 1.165) is 28.0 Å². The molecule has 2 aromatic rings.